The van der Waals surface area contributed by atoms with Crippen LogP contribution >= 0.6 is 0 Å². The second kappa shape index (κ2) is 6.81. The normalized spacial score (nSPS) is 44.1. The van der Waals surface area contributed by atoms with Gasteiger partial charge in [0.1, 0.15) is 0 Å². The van der Waals surface area contributed by atoms with E-state index in [4.69, 9.17) is 0 Å². The number of hydrogen-bond acceptors (Lipinski definition) is 1. The lowest BCUT2D eigenvalue weighted by molar-refractivity contribution is 0.149. The lowest BCUT2D eigenvalue weighted by atomic mass is 9.71. The molecule has 6 atom stereocenters. The van der Waals surface area contributed by atoms with Crippen LogP contribution in [-0.2, 0) is 0 Å². The first kappa shape index (κ1) is 14.9. The SMILES string of the molecule is CCCC1CCC(NCC)C(CC2CC3CCC2C3)C1. The van der Waals surface area contributed by atoms with Gasteiger partial charge in [0.2, 0.25) is 0 Å². The Morgan fingerprint density at radius 2 is 1.80 bits per heavy atom. The van der Waals surface area contributed by atoms with Crippen LogP contribution in [0.2, 0.25) is 0 Å². The smallest absolute Gasteiger partial charge is 0.00955 e. The largest absolute Gasteiger partial charge is 0.314 e. The van der Waals surface area contributed by atoms with Crippen LogP contribution in [0.3, 0.4) is 0 Å². The Bertz CT molecular complexity index is 300. The highest BCUT2D eigenvalue weighted by Crippen LogP contribution is 2.51. The number of hydrogen-bond donors (Lipinski definition) is 1. The molecule has 0 aliphatic heterocycles. The van der Waals surface area contributed by atoms with E-state index in [9.17, 15) is 0 Å². The summed E-state index contributed by atoms with van der Waals surface area (Å²) < 4.78 is 0. The molecule has 3 rings (SSSR count). The maximum atomic E-state index is 3.82. The molecule has 0 radical (unpaired) electrons. The van der Waals surface area contributed by atoms with Crippen LogP contribution in [0.5, 0.6) is 0 Å². The first-order chi connectivity index (χ1) is 9.80. The van der Waals surface area contributed by atoms with Crippen LogP contribution < -0.4 is 5.32 Å². The van der Waals surface area contributed by atoms with E-state index in [0.29, 0.717) is 0 Å². The van der Waals surface area contributed by atoms with Crippen molar-refractivity contribution in [1.29, 1.82) is 0 Å². The predicted octanol–water partition coefficient (Wildman–Crippen LogP) is 5.01. The number of fused-ring (bicyclic) bond motifs is 2. The van der Waals surface area contributed by atoms with Gasteiger partial charge in [-0.15, -0.1) is 0 Å². The Morgan fingerprint density at radius 3 is 2.45 bits per heavy atom. The van der Waals surface area contributed by atoms with Gasteiger partial charge in [-0.1, -0.05) is 33.1 Å². The second-order valence-electron chi connectivity index (χ2n) is 8.06. The molecule has 3 saturated carbocycles. The summed E-state index contributed by atoms with van der Waals surface area (Å²) in [6.07, 6.45) is 15.2. The molecule has 3 fully saturated rings. The van der Waals surface area contributed by atoms with Crippen LogP contribution in [0, 0.1) is 29.6 Å². The first-order valence-electron chi connectivity index (χ1n) is 9.53. The Kier molecular flexibility index (Phi) is 5.07. The van der Waals surface area contributed by atoms with Gasteiger partial charge in [-0.05, 0) is 81.1 Å². The molecule has 0 heterocycles. The minimum atomic E-state index is 0.840. The van der Waals surface area contributed by atoms with Crippen LogP contribution in [0.1, 0.15) is 78.1 Å². The van der Waals surface area contributed by atoms with E-state index in [2.05, 4.69) is 19.2 Å². The lowest BCUT2D eigenvalue weighted by Gasteiger charge is -2.39. The Labute approximate surface area is 126 Å². The molecular formula is C19H35N. The Balaban J connectivity index is 1.57. The van der Waals surface area contributed by atoms with E-state index >= 15 is 0 Å². The molecule has 0 aromatic heterocycles. The summed E-state index contributed by atoms with van der Waals surface area (Å²) in [5.74, 6) is 5.37. The minimum absolute atomic E-state index is 0.840. The van der Waals surface area contributed by atoms with E-state index in [-0.39, 0.29) is 0 Å². The third-order valence-corrected chi connectivity index (χ3v) is 6.74. The molecule has 6 unspecified atom stereocenters. The highest BCUT2D eigenvalue weighted by atomic mass is 14.9. The van der Waals surface area contributed by atoms with Crippen LogP contribution in [-0.4, -0.2) is 12.6 Å². The van der Waals surface area contributed by atoms with Gasteiger partial charge in [0.05, 0.1) is 0 Å². The van der Waals surface area contributed by atoms with Crippen molar-refractivity contribution in [3.05, 3.63) is 0 Å². The second-order valence-corrected chi connectivity index (χ2v) is 8.06. The molecule has 0 spiro atoms. The maximum absolute atomic E-state index is 3.82. The monoisotopic (exact) mass is 277 g/mol. The van der Waals surface area contributed by atoms with Crippen molar-refractivity contribution < 1.29 is 0 Å². The van der Waals surface area contributed by atoms with Crippen molar-refractivity contribution in [3.8, 4) is 0 Å². The summed E-state index contributed by atoms with van der Waals surface area (Å²) in [4.78, 5) is 0. The molecule has 0 aromatic carbocycles. The third kappa shape index (κ3) is 3.24. The third-order valence-electron chi connectivity index (χ3n) is 6.74. The quantitative estimate of drug-likeness (QED) is 0.720. The standard InChI is InChI=1S/C19H35N/c1-3-5-14-7-9-19(20-4-2)18(10-14)13-17-12-15-6-8-16(17)11-15/h14-20H,3-13H2,1-2H3. The highest BCUT2D eigenvalue weighted by molar-refractivity contribution is 4.93. The van der Waals surface area contributed by atoms with Gasteiger partial charge < -0.3 is 5.32 Å². The molecule has 1 nitrogen and oxygen atoms in total. The van der Waals surface area contributed by atoms with Gasteiger partial charge in [-0.3, -0.25) is 0 Å². The number of nitrogens with one attached hydrogen (secondary N) is 1. The van der Waals surface area contributed by atoms with E-state index < -0.39 is 0 Å². The molecule has 0 aromatic rings. The zero-order valence-electron chi connectivity index (χ0n) is 13.7. The van der Waals surface area contributed by atoms with Crippen molar-refractivity contribution in [1.82, 2.24) is 5.32 Å². The van der Waals surface area contributed by atoms with Gasteiger partial charge in [0, 0.05) is 6.04 Å². The van der Waals surface area contributed by atoms with Crippen molar-refractivity contribution in [2.24, 2.45) is 29.6 Å². The molecule has 1 N–H and O–H groups in total. The van der Waals surface area contributed by atoms with Gasteiger partial charge in [-0.2, -0.15) is 0 Å². The number of rotatable bonds is 6. The van der Waals surface area contributed by atoms with Gasteiger partial charge in [0.25, 0.3) is 0 Å². The van der Waals surface area contributed by atoms with E-state index in [1.165, 1.54) is 32.1 Å². The van der Waals surface area contributed by atoms with Crippen LogP contribution in [0.15, 0.2) is 0 Å². The zero-order chi connectivity index (χ0) is 13.9. The fraction of sp³-hybridized carbons (Fsp3) is 1.00. The molecule has 0 saturated heterocycles. The Morgan fingerprint density at radius 1 is 0.900 bits per heavy atom. The van der Waals surface area contributed by atoms with Crippen molar-refractivity contribution in [2.75, 3.05) is 6.54 Å². The molecule has 20 heavy (non-hydrogen) atoms. The molecular weight excluding hydrogens is 242 g/mol. The summed E-state index contributed by atoms with van der Waals surface area (Å²) >= 11 is 0. The van der Waals surface area contributed by atoms with E-state index in [0.717, 1.165) is 42.2 Å². The fourth-order valence-corrected chi connectivity index (χ4v) is 5.88. The highest BCUT2D eigenvalue weighted by Gasteiger charge is 2.41. The van der Waals surface area contributed by atoms with Crippen molar-refractivity contribution in [3.63, 3.8) is 0 Å². The van der Waals surface area contributed by atoms with E-state index in [1.807, 2.05) is 0 Å². The van der Waals surface area contributed by atoms with Gasteiger partial charge in [-0.25, -0.2) is 0 Å². The topological polar surface area (TPSA) is 12.0 Å². The fourth-order valence-electron chi connectivity index (χ4n) is 5.88. The Hall–Kier alpha value is -0.0400. The molecule has 1 heteroatoms. The average Bonchev–Trinajstić information content (AvgIpc) is 3.05. The zero-order valence-corrected chi connectivity index (χ0v) is 13.7. The van der Waals surface area contributed by atoms with Crippen molar-refractivity contribution >= 4 is 0 Å². The summed E-state index contributed by atoms with van der Waals surface area (Å²) in [5.41, 5.74) is 0. The molecule has 2 bridgehead atoms. The molecule has 3 aliphatic carbocycles. The lowest BCUT2D eigenvalue weighted by Crippen LogP contribution is -2.41. The van der Waals surface area contributed by atoms with Crippen LogP contribution in [0.4, 0.5) is 0 Å². The average molecular weight is 277 g/mol. The van der Waals surface area contributed by atoms with Gasteiger partial charge in [0.15, 0.2) is 0 Å². The summed E-state index contributed by atoms with van der Waals surface area (Å²) in [6, 6.07) is 0.840. The van der Waals surface area contributed by atoms with Crippen LogP contribution in [0.25, 0.3) is 0 Å². The minimum Gasteiger partial charge on any atom is -0.314 e. The van der Waals surface area contributed by atoms with Gasteiger partial charge >= 0.3 is 0 Å². The summed E-state index contributed by atoms with van der Waals surface area (Å²) in [5, 5.41) is 3.82. The molecule has 116 valence electrons. The summed E-state index contributed by atoms with van der Waals surface area (Å²) in [6.45, 7) is 5.81. The van der Waals surface area contributed by atoms with Crippen molar-refractivity contribution in [2.45, 2.75) is 84.1 Å². The maximum Gasteiger partial charge on any atom is 0.00955 e. The molecule has 0 amide bonds. The predicted molar refractivity (Wildman–Crippen MR) is 86.8 cm³/mol. The summed E-state index contributed by atoms with van der Waals surface area (Å²) in [7, 11) is 0. The molecule has 3 aliphatic rings. The van der Waals surface area contributed by atoms with E-state index in [1.54, 1.807) is 32.1 Å². The first-order valence-corrected chi connectivity index (χ1v) is 9.53.